The monoisotopic (exact) mass is 311 g/mol. The number of nitrogens with two attached hydrogens (primary N) is 1. The molecule has 0 bridgehead atoms. The van der Waals surface area contributed by atoms with E-state index in [1.54, 1.807) is 7.11 Å². The maximum absolute atomic E-state index is 6.08. The zero-order chi connectivity index (χ0) is 15.3. The summed E-state index contributed by atoms with van der Waals surface area (Å²) < 4.78 is 5.23. The molecular formula is C16H26ClN3O. The number of nitrogens with zero attached hydrogens (tertiary/aromatic N) is 2. The third-order valence-corrected chi connectivity index (χ3v) is 4.74. The summed E-state index contributed by atoms with van der Waals surface area (Å²) in [5.74, 6) is 0. The van der Waals surface area contributed by atoms with Crippen LogP contribution in [0.3, 0.4) is 0 Å². The highest BCUT2D eigenvalue weighted by Gasteiger charge is 2.32. The van der Waals surface area contributed by atoms with Gasteiger partial charge in [-0.05, 0) is 31.5 Å². The van der Waals surface area contributed by atoms with Crippen molar-refractivity contribution in [1.82, 2.24) is 4.90 Å². The molecule has 118 valence electrons. The lowest BCUT2D eigenvalue weighted by atomic mass is 9.95. The van der Waals surface area contributed by atoms with Crippen LogP contribution in [0.25, 0.3) is 0 Å². The topological polar surface area (TPSA) is 41.7 Å². The number of anilines is 1. The molecular weight excluding hydrogens is 286 g/mol. The lowest BCUT2D eigenvalue weighted by Crippen LogP contribution is -2.59. The molecule has 1 aliphatic heterocycles. The van der Waals surface area contributed by atoms with E-state index in [-0.39, 0.29) is 5.54 Å². The second-order valence-electron chi connectivity index (χ2n) is 5.90. The highest BCUT2D eigenvalue weighted by molar-refractivity contribution is 6.30. The van der Waals surface area contributed by atoms with Crippen molar-refractivity contribution in [3.05, 3.63) is 29.3 Å². The van der Waals surface area contributed by atoms with Crippen LogP contribution in [-0.4, -0.2) is 56.9 Å². The molecule has 1 atom stereocenters. The Balaban J connectivity index is 1.96. The molecule has 1 heterocycles. The smallest absolute Gasteiger partial charge is 0.0480 e. The largest absolute Gasteiger partial charge is 0.385 e. The van der Waals surface area contributed by atoms with E-state index in [0.717, 1.165) is 44.2 Å². The van der Waals surface area contributed by atoms with E-state index in [4.69, 9.17) is 22.1 Å². The Hall–Kier alpha value is -0.810. The van der Waals surface area contributed by atoms with Gasteiger partial charge in [0.25, 0.3) is 0 Å². The highest BCUT2D eigenvalue weighted by Crippen LogP contribution is 2.24. The van der Waals surface area contributed by atoms with Gasteiger partial charge in [-0.3, -0.25) is 4.90 Å². The first-order valence-electron chi connectivity index (χ1n) is 7.53. The first kappa shape index (κ1) is 16.6. The fourth-order valence-corrected chi connectivity index (χ4v) is 3.07. The van der Waals surface area contributed by atoms with Crippen LogP contribution < -0.4 is 10.6 Å². The number of rotatable bonds is 6. The van der Waals surface area contributed by atoms with Crippen LogP contribution in [0.15, 0.2) is 24.3 Å². The van der Waals surface area contributed by atoms with E-state index in [0.29, 0.717) is 6.54 Å². The van der Waals surface area contributed by atoms with Gasteiger partial charge in [0.2, 0.25) is 0 Å². The Morgan fingerprint density at radius 1 is 1.29 bits per heavy atom. The number of benzene rings is 1. The summed E-state index contributed by atoms with van der Waals surface area (Å²) in [5, 5.41) is 0.793. The molecule has 1 aliphatic rings. The van der Waals surface area contributed by atoms with Crippen LogP contribution in [0.4, 0.5) is 5.69 Å². The minimum absolute atomic E-state index is 0.0242. The first-order chi connectivity index (χ1) is 10.1. The predicted octanol–water partition coefficient (Wildman–Crippen LogP) is 2.22. The van der Waals surface area contributed by atoms with Crippen molar-refractivity contribution in [1.29, 1.82) is 0 Å². The fourth-order valence-electron chi connectivity index (χ4n) is 2.89. The molecule has 0 aliphatic carbocycles. The van der Waals surface area contributed by atoms with Crippen molar-refractivity contribution in [3.8, 4) is 0 Å². The summed E-state index contributed by atoms with van der Waals surface area (Å²) in [6.45, 7) is 7.69. The summed E-state index contributed by atoms with van der Waals surface area (Å²) in [4.78, 5) is 4.88. The Morgan fingerprint density at radius 2 is 2.00 bits per heavy atom. The average Bonchev–Trinajstić information content (AvgIpc) is 2.53. The standard InChI is InChI=1S/C16H26ClN3O/c1-16(13-18,6-11-21-2)20-9-7-19(8-10-20)15-5-3-4-14(17)12-15/h3-5,12H,6-11,13,18H2,1-2H3. The normalized spacial score (nSPS) is 19.5. The first-order valence-corrected chi connectivity index (χ1v) is 7.91. The SMILES string of the molecule is COCCC(C)(CN)N1CCN(c2cccc(Cl)c2)CC1. The van der Waals surface area contributed by atoms with Gasteiger partial charge in [-0.25, -0.2) is 0 Å². The molecule has 2 N–H and O–H groups in total. The third kappa shape index (κ3) is 4.10. The lowest BCUT2D eigenvalue weighted by Gasteiger charge is -2.46. The second kappa shape index (κ2) is 7.45. The molecule has 0 aromatic heterocycles. The summed E-state index contributed by atoms with van der Waals surface area (Å²) in [6, 6.07) is 8.07. The van der Waals surface area contributed by atoms with Gasteiger partial charge in [0, 0.05) is 62.7 Å². The number of methoxy groups -OCH3 is 1. The number of halogens is 1. The summed E-state index contributed by atoms with van der Waals surface area (Å²) in [7, 11) is 1.74. The number of ether oxygens (including phenoxy) is 1. The van der Waals surface area contributed by atoms with Gasteiger partial charge >= 0.3 is 0 Å². The van der Waals surface area contributed by atoms with Crippen LogP contribution in [0, 0.1) is 0 Å². The van der Waals surface area contributed by atoms with Crippen LogP contribution in [0.1, 0.15) is 13.3 Å². The van der Waals surface area contributed by atoms with Gasteiger partial charge in [-0.1, -0.05) is 17.7 Å². The molecule has 1 unspecified atom stereocenters. The summed E-state index contributed by atoms with van der Waals surface area (Å²) >= 11 is 6.08. The Kier molecular flexibility index (Phi) is 5.88. The van der Waals surface area contributed by atoms with E-state index < -0.39 is 0 Å². The number of hydrogen-bond acceptors (Lipinski definition) is 4. The molecule has 1 aromatic rings. The molecule has 2 rings (SSSR count). The Morgan fingerprint density at radius 3 is 2.57 bits per heavy atom. The van der Waals surface area contributed by atoms with E-state index in [2.05, 4.69) is 22.8 Å². The zero-order valence-corrected chi connectivity index (χ0v) is 13.8. The van der Waals surface area contributed by atoms with Crippen LogP contribution in [0.5, 0.6) is 0 Å². The highest BCUT2D eigenvalue weighted by atomic mass is 35.5. The van der Waals surface area contributed by atoms with Gasteiger partial charge in [-0.15, -0.1) is 0 Å². The molecule has 0 amide bonds. The van der Waals surface area contributed by atoms with Crippen molar-refractivity contribution in [2.45, 2.75) is 18.9 Å². The number of piperazine rings is 1. The Labute approximate surface area is 132 Å². The molecule has 21 heavy (non-hydrogen) atoms. The van der Waals surface area contributed by atoms with E-state index in [1.807, 2.05) is 18.2 Å². The number of hydrogen-bond donors (Lipinski definition) is 1. The molecule has 5 heteroatoms. The molecule has 1 saturated heterocycles. The molecule has 1 fully saturated rings. The van der Waals surface area contributed by atoms with Crippen molar-refractivity contribution >= 4 is 17.3 Å². The van der Waals surface area contributed by atoms with Gasteiger partial charge in [0.05, 0.1) is 0 Å². The van der Waals surface area contributed by atoms with Crippen molar-refractivity contribution in [2.24, 2.45) is 5.73 Å². The van der Waals surface area contributed by atoms with E-state index >= 15 is 0 Å². The lowest BCUT2D eigenvalue weighted by molar-refractivity contribution is 0.0638. The fraction of sp³-hybridized carbons (Fsp3) is 0.625. The zero-order valence-electron chi connectivity index (χ0n) is 13.0. The average molecular weight is 312 g/mol. The van der Waals surface area contributed by atoms with Crippen LogP contribution in [-0.2, 0) is 4.74 Å². The maximum Gasteiger partial charge on any atom is 0.0480 e. The van der Waals surface area contributed by atoms with Gasteiger partial charge < -0.3 is 15.4 Å². The second-order valence-corrected chi connectivity index (χ2v) is 6.33. The van der Waals surface area contributed by atoms with Crippen molar-refractivity contribution in [2.75, 3.05) is 51.3 Å². The van der Waals surface area contributed by atoms with E-state index in [1.165, 1.54) is 5.69 Å². The minimum Gasteiger partial charge on any atom is -0.385 e. The van der Waals surface area contributed by atoms with Crippen molar-refractivity contribution < 1.29 is 4.74 Å². The molecule has 0 saturated carbocycles. The molecule has 0 radical (unpaired) electrons. The molecule has 1 aromatic carbocycles. The quantitative estimate of drug-likeness (QED) is 0.874. The van der Waals surface area contributed by atoms with Gasteiger partial charge in [0.1, 0.15) is 0 Å². The van der Waals surface area contributed by atoms with Gasteiger partial charge in [-0.2, -0.15) is 0 Å². The third-order valence-electron chi connectivity index (χ3n) is 4.50. The molecule has 4 nitrogen and oxygen atoms in total. The molecule has 0 spiro atoms. The maximum atomic E-state index is 6.08. The Bertz CT molecular complexity index is 449. The predicted molar refractivity (Wildman–Crippen MR) is 89.2 cm³/mol. The van der Waals surface area contributed by atoms with Crippen LogP contribution in [0.2, 0.25) is 5.02 Å². The summed E-state index contributed by atoms with van der Waals surface area (Å²) in [6.07, 6.45) is 0.969. The van der Waals surface area contributed by atoms with E-state index in [9.17, 15) is 0 Å². The van der Waals surface area contributed by atoms with Gasteiger partial charge in [0.15, 0.2) is 0 Å². The van der Waals surface area contributed by atoms with Crippen LogP contribution >= 0.6 is 11.6 Å². The minimum atomic E-state index is 0.0242. The summed E-state index contributed by atoms with van der Waals surface area (Å²) in [5.41, 5.74) is 7.24. The van der Waals surface area contributed by atoms with Crippen molar-refractivity contribution in [3.63, 3.8) is 0 Å².